The zero-order valence-corrected chi connectivity index (χ0v) is 9.71. The highest BCUT2D eigenvalue weighted by Crippen LogP contribution is 2.50. The van der Waals surface area contributed by atoms with Crippen LogP contribution < -0.4 is 10.9 Å². The van der Waals surface area contributed by atoms with Gasteiger partial charge in [-0.25, -0.2) is 5.43 Å². The number of amides is 1. The molecular formula is C13H15N3O. The number of fused-ring (bicyclic) bond motifs is 1. The third-order valence-corrected chi connectivity index (χ3v) is 3.53. The van der Waals surface area contributed by atoms with Crippen LogP contribution in [0.1, 0.15) is 18.4 Å². The highest BCUT2D eigenvalue weighted by molar-refractivity contribution is 5.97. The number of hydrogen-bond donors (Lipinski definition) is 3. The zero-order chi connectivity index (χ0) is 11.9. The van der Waals surface area contributed by atoms with E-state index in [1.165, 1.54) is 0 Å². The standard InChI is InChI=1S/C13H15N3O/c1-14-16-12(17)13(6-7-13)10-8-15-11-5-3-2-4-9(10)11/h2-5,8,14-15H,6-7H2,1H3,(H,16,17). The van der Waals surface area contributed by atoms with E-state index in [1.807, 2.05) is 24.4 Å². The van der Waals surface area contributed by atoms with Gasteiger partial charge in [-0.3, -0.25) is 10.2 Å². The maximum Gasteiger partial charge on any atom is 0.244 e. The van der Waals surface area contributed by atoms with Crippen LogP contribution in [0.5, 0.6) is 0 Å². The molecule has 17 heavy (non-hydrogen) atoms. The smallest absolute Gasteiger partial charge is 0.244 e. The fourth-order valence-electron chi connectivity index (χ4n) is 2.44. The Morgan fingerprint density at radius 2 is 2.12 bits per heavy atom. The van der Waals surface area contributed by atoms with E-state index in [9.17, 15) is 4.79 Å². The molecule has 1 amide bonds. The minimum absolute atomic E-state index is 0.0600. The Kier molecular flexibility index (Phi) is 2.19. The molecule has 0 saturated heterocycles. The summed E-state index contributed by atoms with van der Waals surface area (Å²) >= 11 is 0. The number of hydrazine groups is 1. The van der Waals surface area contributed by atoms with Crippen molar-refractivity contribution in [1.29, 1.82) is 0 Å². The van der Waals surface area contributed by atoms with Gasteiger partial charge in [0, 0.05) is 24.1 Å². The van der Waals surface area contributed by atoms with Crippen molar-refractivity contribution in [1.82, 2.24) is 15.8 Å². The second kappa shape index (κ2) is 3.60. The second-order valence-electron chi connectivity index (χ2n) is 4.53. The van der Waals surface area contributed by atoms with Crippen LogP contribution in [0.15, 0.2) is 30.5 Å². The quantitative estimate of drug-likeness (QED) is 0.698. The molecule has 1 heterocycles. The van der Waals surface area contributed by atoms with E-state index in [0.717, 1.165) is 29.3 Å². The Bertz CT molecular complexity index is 569. The van der Waals surface area contributed by atoms with Crippen LogP contribution in [0.3, 0.4) is 0 Å². The molecular weight excluding hydrogens is 214 g/mol. The van der Waals surface area contributed by atoms with E-state index in [0.29, 0.717) is 0 Å². The van der Waals surface area contributed by atoms with Gasteiger partial charge in [-0.15, -0.1) is 0 Å². The molecule has 0 atom stereocenters. The average molecular weight is 229 g/mol. The molecule has 1 fully saturated rings. The minimum atomic E-state index is -0.331. The van der Waals surface area contributed by atoms with Crippen molar-refractivity contribution < 1.29 is 4.79 Å². The van der Waals surface area contributed by atoms with E-state index >= 15 is 0 Å². The third-order valence-electron chi connectivity index (χ3n) is 3.53. The van der Waals surface area contributed by atoms with Crippen molar-refractivity contribution in [2.75, 3.05) is 7.05 Å². The van der Waals surface area contributed by atoms with Gasteiger partial charge < -0.3 is 4.98 Å². The first-order chi connectivity index (χ1) is 8.28. The lowest BCUT2D eigenvalue weighted by atomic mass is 9.95. The van der Waals surface area contributed by atoms with Crippen LogP contribution in [0.4, 0.5) is 0 Å². The fraction of sp³-hybridized carbons (Fsp3) is 0.308. The van der Waals surface area contributed by atoms with Gasteiger partial charge >= 0.3 is 0 Å². The number of benzene rings is 1. The Labute approximate surface area is 99.4 Å². The van der Waals surface area contributed by atoms with Gasteiger partial charge in [-0.05, 0) is 24.5 Å². The summed E-state index contributed by atoms with van der Waals surface area (Å²) in [6.07, 6.45) is 3.80. The summed E-state index contributed by atoms with van der Waals surface area (Å²) in [6, 6.07) is 8.10. The Balaban J connectivity index is 2.07. The molecule has 0 spiro atoms. The minimum Gasteiger partial charge on any atom is -0.361 e. The highest BCUT2D eigenvalue weighted by Gasteiger charge is 2.52. The summed E-state index contributed by atoms with van der Waals surface area (Å²) in [4.78, 5) is 15.3. The predicted octanol–water partition coefficient (Wildman–Crippen LogP) is 1.45. The number of carbonyl (C=O) groups is 1. The van der Waals surface area contributed by atoms with Crippen LogP contribution in [-0.4, -0.2) is 17.9 Å². The van der Waals surface area contributed by atoms with Gasteiger partial charge in [0.05, 0.1) is 5.41 Å². The summed E-state index contributed by atoms with van der Waals surface area (Å²) < 4.78 is 0. The van der Waals surface area contributed by atoms with E-state index in [2.05, 4.69) is 21.9 Å². The number of aromatic amines is 1. The topological polar surface area (TPSA) is 56.9 Å². The third kappa shape index (κ3) is 1.45. The molecule has 3 N–H and O–H groups in total. The van der Waals surface area contributed by atoms with Crippen molar-refractivity contribution >= 4 is 16.8 Å². The predicted molar refractivity (Wildman–Crippen MR) is 66.4 cm³/mol. The molecule has 0 radical (unpaired) electrons. The summed E-state index contributed by atoms with van der Waals surface area (Å²) in [5.74, 6) is 0.0600. The number of hydrogen-bond acceptors (Lipinski definition) is 2. The average Bonchev–Trinajstić information content (AvgIpc) is 3.04. The lowest BCUT2D eigenvalue weighted by molar-refractivity contribution is -0.124. The van der Waals surface area contributed by atoms with Crippen molar-refractivity contribution in [3.63, 3.8) is 0 Å². The summed E-state index contributed by atoms with van der Waals surface area (Å²) in [5.41, 5.74) is 7.28. The lowest BCUT2D eigenvalue weighted by Crippen LogP contribution is -2.41. The zero-order valence-electron chi connectivity index (χ0n) is 9.71. The first kappa shape index (κ1) is 10.4. The molecule has 88 valence electrons. The molecule has 2 aromatic rings. The van der Waals surface area contributed by atoms with Crippen molar-refractivity contribution in [3.8, 4) is 0 Å². The number of H-pyrrole nitrogens is 1. The molecule has 0 unspecified atom stereocenters. The molecule has 3 rings (SSSR count). The molecule has 4 nitrogen and oxygen atoms in total. The number of aromatic nitrogens is 1. The molecule has 4 heteroatoms. The van der Waals surface area contributed by atoms with Gasteiger partial charge in [-0.1, -0.05) is 18.2 Å². The number of carbonyl (C=O) groups excluding carboxylic acids is 1. The number of nitrogens with one attached hydrogen (secondary N) is 3. The Hall–Kier alpha value is -1.81. The van der Waals surface area contributed by atoms with Crippen molar-refractivity contribution in [2.24, 2.45) is 0 Å². The lowest BCUT2D eigenvalue weighted by Gasteiger charge is -2.13. The van der Waals surface area contributed by atoms with Gasteiger partial charge in [0.2, 0.25) is 5.91 Å². The Morgan fingerprint density at radius 1 is 1.35 bits per heavy atom. The number of rotatable bonds is 3. The van der Waals surface area contributed by atoms with Crippen LogP contribution in [0, 0.1) is 0 Å². The van der Waals surface area contributed by atoms with Gasteiger partial charge in [0.15, 0.2) is 0 Å². The van der Waals surface area contributed by atoms with Crippen molar-refractivity contribution in [3.05, 3.63) is 36.0 Å². The summed E-state index contributed by atoms with van der Waals surface area (Å²) in [7, 11) is 1.71. The van der Waals surface area contributed by atoms with E-state index < -0.39 is 0 Å². The molecule has 1 aromatic carbocycles. The molecule has 0 aliphatic heterocycles. The van der Waals surface area contributed by atoms with Crippen molar-refractivity contribution in [2.45, 2.75) is 18.3 Å². The van der Waals surface area contributed by atoms with Crippen LogP contribution in [-0.2, 0) is 10.2 Å². The molecule has 1 aliphatic rings. The summed E-state index contributed by atoms with van der Waals surface area (Å²) in [5, 5.41) is 1.15. The molecule has 0 bridgehead atoms. The molecule has 1 aromatic heterocycles. The first-order valence-electron chi connectivity index (χ1n) is 5.82. The van der Waals surface area contributed by atoms with Gasteiger partial charge in [-0.2, -0.15) is 0 Å². The van der Waals surface area contributed by atoms with Crippen LogP contribution >= 0.6 is 0 Å². The largest absolute Gasteiger partial charge is 0.361 e. The molecule has 1 aliphatic carbocycles. The van der Waals surface area contributed by atoms with E-state index in [-0.39, 0.29) is 11.3 Å². The van der Waals surface area contributed by atoms with E-state index in [4.69, 9.17) is 0 Å². The first-order valence-corrected chi connectivity index (χ1v) is 5.82. The molecule has 1 saturated carbocycles. The maximum atomic E-state index is 12.1. The van der Waals surface area contributed by atoms with Crippen LogP contribution in [0.25, 0.3) is 10.9 Å². The van der Waals surface area contributed by atoms with Gasteiger partial charge in [0.25, 0.3) is 0 Å². The normalized spacial score (nSPS) is 17.0. The maximum absolute atomic E-state index is 12.1. The summed E-state index contributed by atoms with van der Waals surface area (Å²) in [6.45, 7) is 0. The Morgan fingerprint density at radius 3 is 2.82 bits per heavy atom. The fourth-order valence-corrected chi connectivity index (χ4v) is 2.44. The highest BCUT2D eigenvalue weighted by atomic mass is 16.2. The SMILES string of the molecule is CNNC(=O)C1(c2c[nH]c3ccccc23)CC1. The second-order valence-corrected chi connectivity index (χ2v) is 4.53. The number of para-hydroxylation sites is 1. The van der Waals surface area contributed by atoms with Gasteiger partial charge in [0.1, 0.15) is 0 Å². The van der Waals surface area contributed by atoms with E-state index in [1.54, 1.807) is 7.05 Å². The van der Waals surface area contributed by atoms with Crippen LogP contribution in [0.2, 0.25) is 0 Å². The monoisotopic (exact) mass is 229 g/mol.